The molecule has 0 spiro atoms. The van der Waals surface area contributed by atoms with E-state index in [-0.39, 0.29) is 5.41 Å². The lowest BCUT2D eigenvalue weighted by Gasteiger charge is -2.21. The van der Waals surface area contributed by atoms with Crippen molar-refractivity contribution in [2.75, 3.05) is 0 Å². The first kappa shape index (κ1) is 12.9. The van der Waals surface area contributed by atoms with Crippen LogP contribution >= 0.6 is 0 Å². The maximum absolute atomic E-state index is 10.1. The highest BCUT2D eigenvalue weighted by atomic mass is 16.3. The highest BCUT2D eigenvalue weighted by molar-refractivity contribution is 5.92. The van der Waals surface area contributed by atoms with Crippen molar-refractivity contribution >= 4 is 10.8 Å². The van der Waals surface area contributed by atoms with Gasteiger partial charge in [-0.15, -0.1) is 0 Å². The van der Waals surface area contributed by atoms with Crippen molar-refractivity contribution < 1.29 is 5.11 Å². The van der Waals surface area contributed by atoms with Crippen LogP contribution in [0.25, 0.3) is 10.8 Å². The van der Waals surface area contributed by atoms with E-state index < -0.39 is 0 Å². The molecular formula is C17H22O. The van der Waals surface area contributed by atoms with Gasteiger partial charge in [-0.05, 0) is 59.2 Å². The van der Waals surface area contributed by atoms with Gasteiger partial charge in [0.2, 0.25) is 0 Å². The van der Waals surface area contributed by atoms with Crippen molar-refractivity contribution in [3.8, 4) is 5.75 Å². The van der Waals surface area contributed by atoms with Crippen LogP contribution in [0.1, 0.15) is 43.0 Å². The van der Waals surface area contributed by atoms with Crippen LogP contribution < -0.4 is 0 Å². The Bertz CT molecular complexity index is 616. The number of aromatic hydroxyl groups is 1. The lowest BCUT2D eigenvalue weighted by molar-refractivity contribution is 0.467. The van der Waals surface area contributed by atoms with Gasteiger partial charge in [-0.1, -0.05) is 39.0 Å². The Balaban J connectivity index is 2.87. The molecule has 2 aromatic carbocycles. The Labute approximate surface area is 109 Å². The van der Waals surface area contributed by atoms with Gasteiger partial charge in [-0.3, -0.25) is 0 Å². The molecule has 0 atom stereocenters. The summed E-state index contributed by atoms with van der Waals surface area (Å²) in [7, 11) is 0. The summed E-state index contributed by atoms with van der Waals surface area (Å²) in [5.74, 6) is 0.434. The smallest absolute Gasteiger partial charge is 0.122 e. The standard InChI is InChI=1S/C17H22O/c1-10-11(2)16(18)12(3)14-8-7-13(9-15(10)14)17(4,5)6/h7-9,18H,1-6H3. The Morgan fingerprint density at radius 1 is 0.833 bits per heavy atom. The molecule has 18 heavy (non-hydrogen) atoms. The van der Waals surface area contributed by atoms with Gasteiger partial charge >= 0.3 is 0 Å². The van der Waals surface area contributed by atoms with E-state index >= 15 is 0 Å². The van der Waals surface area contributed by atoms with Gasteiger partial charge in [0.1, 0.15) is 5.75 Å². The molecule has 96 valence electrons. The number of hydrogen-bond donors (Lipinski definition) is 1. The first-order valence-corrected chi connectivity index (χ1v) is 6.46. The van der Waals surface area contributed by atoms with Crippen molar-refractivity contribution in [2.24, 2.45) is 0 Å². The van der Waals surface area contributed by atoms with Gasteiger partial charge in [0.25, 0.3) is 0 Å². The number of phenolic OH excluding ortho intramolecular Hbond substituents is 1. The third kappa shape index (κ3) is 1.88. The van der Waals surface area contributed by atoms with Crippen LogP contribution in [0.5, 0.6) is 5.75 Å². The molecule has 0 saturated heterocycles. The topological polar surface area (TPSA) is 20.2 Å². The number of phenols is 1. The molecule has 0 unspecified atom stereocenters. The number of aryl methyl sites for hydroxylation is 2. The quantitative estimate of drug-likeness (QED) is 0.705. The highest BCUT2D eigenvalue weighted by Gasteiger charge is 2.16. The van der Waals surface area contributed by atoms with Crippen LogP contribution in [0.15, 0.2) is 18.2 Å². The summed E-state index contributed by atoms with van der Waals surface area (Å²) in [5, 5.41) is 12.5. The van der Waals surface area contributed by atoms with Crippen LogP contribution in [0.4, 0.5) is 0 Å². The fourth-order valence-corrected chi connectivity index (χ4v) is 2.44. The molecule has 1 nitrogen and oxygen atoms in total. The molecule has 0 aliphatic carbocycles. The van der Waals surface area contributed by atoms with E-state index in [0.29, 0.717) is 5.75 Å². The summed E-state index contributed by atoms with van der Waals surface area (Å²) in [6, 6.07) is 6.57. The molecule has 2 aromatic rings. The van der Waals surface area contributed by atoms with Crippen molar-refractivity contribution in [2.45, 2.75) is 47.0 Å². The SMILES string of the molecule is Cc1c(O)c(C)c2ccc(C(C)(C)C)cc2c1C. The maximum atomic E-state index is 10.1. The minimum Gasteiger partial charge on any atom is -0.507 e. The van der Waals surface area contributed by atoms with Crippen molar-refractivity contribution in [3.63, 3.8) is 0 Å². The Hall–Kier alpha value is -1.50. The number of rotatable bonds is 0. The molecular weight excluding hydrogens is 220 g/mol. The maximum Gasteiger partial charge on any atom is 0.122 e. The Morgan fingerprint density at radius 3 is 2.00 bits per heavy atom. The predicted molar refractivity (Wildman–Crippen MR) is 78.5 cm³/mol. The predicted octanol–water partition coefficient (Wildman–Crippen LogP) is 4.77. The normalized spacial score (nSPS) is 12.1. The second kappa shape index (κ2) is 4.01. The second-order valence-electron chi connectivity index (χ2n) is 6.23. The van der Waals surface area contributed by atoms with Crippen LogP contribution in [0, 0.1) is 20.8 Å². The Kier molecular flexibility index (Phi) is 2.89. The molecule has 0 bridgehead atoms. The van der Waals surface area contributed by atoms with E-state index in [2.05, 4.69) is 45.9 Å². The van der Waals surface area contributed by atoms with Gasteiger partial charge in [0.15, 0.2) is 0 Å². The van der Waals surface area contributed by atoms with Gasteiger partial charge in [-0.25, -0.2) is 0 Å². The van der Waals surface area contributed by atoms with E-state index in [0.717, 1.165) is 16.5 Å². The van der Waals surface area contributed by atoms with Crippen LogP contribution in [0.2, 0.25) is 0 Å². The van der Waals surface area contributed by atoms with Gasteiger partial charge in [-0.2, -0.15) is 0 Å². The molecule has 1 heteroatoms. The fraction of sp³-hybridized carbons (Fsp3) is 0.412. The second-order valence-corrected chi connectivity index (χ2v) is 6.23. The van der Waals surface area contributed by atoms with Crippen LogP contribution in [-0.4, -0.2) is 5.11 Å². The van der Waals surface area contributed by atoms with Crippen molar-refractivity contribution in [3.05, 3.63) is 40.5 Å². The summed E-state index contributed by atoms with van der Waals surface area (Å²) in [5.41, 5.74) is 4.64. The molecule has 0 fully saturated rings. The van der Waals surface area contributed by atoms with E-state index in [1.807, 2.05) is 13.8 Å². The van der Waals surface area contributed by atoms with Gasteiger partial charge in [0, 0.05) is 0 Å². The van der Waals surface area contributed by atoms with Crippen LogP contribution in [0.3, 0.4) is 0 Å². The minimum atomic E-state index is 0.153. The summed E-state index contributed by atoms with van der Waals surface area (Å²) >= 11 is 0. The average Bonchev–Trinajstić information content (AvgIpc) is 2.32. The number of benzene rings is 2. The molecule has 0 saturated carbocycles. The van der Waals surface area contributed by atoms with Gasteiger partial charge in [0.05, 0.1) is 0 Å². The van der Waals surface area contributed by atoms with Crippen LogP contribution in [-0.2, 0) is 5.41 Å². The van der Waals surface area contributed by atoms with Crippen molar-refractivity contribution in [1.82, 2.24) is 0 Å². The first-order valence-electron chi connectivity index (χ1n) is 6.46. The van der Waals surface area contributed by atoms with Gasteiger partial charge < -0.3 is 5.11 Å². The molecule has 0 aliphatic heterocycles. The molecule has 0 radical (unpaired) electrons. The van der Waals surface area contributed by atoms with Crippen molar-refractivity contribution in [1.29, 1.82) is 0 Å². The van der Waals surface area contributed by atoms with E-state index in [4.69, 9.17) is 0 Å². The fourth-order valence-electron chi connectivity index (χ4n) is 2.44. The molecule has 0 aliphatic rings. The lowest BCUT2D eigenvalue weighted by Crippen LogP contribution is -2.10. The van der Waals surface area contributed by atoms with E-state index in [1.54, 1.807) is 0 Å². The monoisotopic (exact) mass is 242 g/mol. The summed E-state index contributed by atoms with van der Waals surface area (Å²) in [6.07, 6.45) is 0. The zero-order chi connectivity index (χ0) is 13.7. The Morgan fingerprint density at radius 2 is 1.44 bits per heavy atom. The number of hydrogen-bond acceptors (Lipinski definition) is 1. The average molecular weight is 242 g/mol. The largest absolute Gasteiger partial charge is 0.507 e. The molecule has 2 rings (SSSR count). The van der Waals surface area contributed by atoms with E-state index in [9.17, 15) is 5.11 Å². The first-order chi connectivity index (χ1) is 8.23. The minimum absolute atomic E-state index is 0.153. The summed E-state index contributed by atoms with van der Waals surface area (Å²) in [4.78, 5) is 0. The molecule has 0 aromatic heterocycles. The molecule has 0 amide bonds. The zero-order valence-electron chi connectivity index (χ0n) is 12.2. The third-order valence-electron chi connectivity index (χ3n) is 3.97. The number of fused-ring (bicyclic) bond motifs is 1. The highest BCUT2D eigenvalue weighted by Crippen LogP contribution is 2.36. The third-order valence-corrected chi connectivity index (χ3v) is 3.97. The van der Waals surface area contributed by atoms with E-state index in [1.165, 1.54) is 16.5 Å². The molecule has 0 heterocycles. The lowest BCUT2D eigenvalue weighted by atomic mass is 9.84. The summed E-state index contributed by atoms with van der Waals surface area (Å²) < 4.78 is 0. The molecule has 1 N–H and O–H groups in total. The summed E-state index contributed by atoms with van der Waals surface area (Å²) in [6.45, 7) is 12.7. The zero-order valence-corrected chi connectivity index (χ0v) is 12.2.